The fourth-order valence-corrected chi connectivity index (χ4v) is 1.62. The van der Waals surface area contributed by atoms with Crippen LogP contribution in [0, 0.1) is 5.82 Å². The van der Waals surface area contributed by atoms with Gasteiger partial charge in [0.2, 0.25) is 0 Å². The van der Waals surface area contributed by atoms with Crippen molar-refractivity contribution in [3.05, 3.63) is 66.8 Å². The van der Waals surface area contributed by atoms with Crippen LogP contribution in [0.25, 0.3) is 0 Å². The lowest BCUT2D eigenvalue weighted by molar-refractivity contribution is 0.102. The van der Waals surface area contributed by atoms with Crippen molar-refractivity contribution in [3.63, 3.8) is 0 Å². The third kappa shape index (κ3) is 3.65. The smallest absolute Gasteiger partial charge is 0.257 e. The molecule has 0 fully saturated rings. The summed E-state index contributed by atoms with van der Waals surface area (Å²) in [4.78, 5) is 16.0. The van der Waals surface area contributed by atoms with Gasteiger partial charge in [0.25, 0.3) is 5.91 Å². The topological polar surface area (TPSA) is 54.0 Å². The van der Waals surface area contributed by atoms with Gasteiger partial charge in [-0.15, -0.1) is 6.58 Å². The molecule has 20 heavy (non-hydrogen) atoms. The number of carbonyl (C=O) groups excluding carboxylic acids is 1. The Morgan fingerprint density at radius 2 is 2.15 bits per heavy atom. The van der Waals surface area contributed by atoms with E-state index in [4.69, 9.17) is 0 Å². The number of anilines is 2. The second-order valence-electron chi connectivity index (χ2n) is 4.10. The molecular weight excluding hydrogens is 257 g/mol. The van der Waals surface area contributed by atoms with Gasteiger partial charge in [-0.05, 0) is 24.3 Å². The number of aromatic nitrogens is 1. The number of rotatable bonds is 5. The van der Waals surface area contributed by atoms with Crippen LogP contribution in [0.2, 0.25) is 0 Å². The van der Waals surface area contributed by atoms with Crippen molar-refractivity contribution in [2.45, 2.75) is 0 Å². The van der Waals surface area contributed by atoms with Gasteiger partial charge < -0.3 is 10.6 Å². The molecule has 0 aliphatic heterocycles. The third-order valence-electron chi connectivity index (χ3n) is 2.53. The number of hydrogen-bond acceptors (Lipinski definition) is 3. The van der Waals surface area contributed by atoms with Crippen molar-refractivity contribution in [2.75, 3.05) is 17.2 Å². The molecule has 0 bridgehead atoms. The molecule has 5 heteroatoms. The van der Waals surface area contributed by atoms with E-state index in [9.17, 15) is 9.18 Å². The highest BCUT2D eigenvalue weighted by atomic mass is 19.1. The molecule has 0 aliphatic rings. The summed E-state index contributed by atoms with van der Waals surface area (Å²) < 4.78 is 13.0. The summed E-state index contributed by atoms with van der Waals surface area (Å²) in [6.07, 6.45) is 4.77. The van der Waals surface area contributed by atoms with Gasteiger partial charge in [-0.25, -0.2) is 4.39 Å². The first-order chi connectivity index (χ1) is 9.69. The highest BCUT2D eigenvalue weighted by Crippen LogP contribution is 2.13. The lowest BCUT2D eigenvalue weighted by atomic mass is 10.2. The molecule has 1 aromatic carbocycles. The van der Waals surface area contributed by atoms with E-state index in [0.29, 0.717) is 17.8 Å². The van der Waals surface area contributed by atoms with Gasteiger partial charge in [0.15, 0.2) is 0 Å². The van der Waals surface area contributed by atoms with Crippen molar-refractivity contribution in [3.8, 4) is 0 Å². The van der Waals surface area contributed by atoms with E-state index in [1.165, 1.54) is 24.4 Å². The normalized spacial score (nSPS) is 9.85. The molecule has 0 saturated carbocycles. The number of hydrogen-bond donors (Lipinski definition) is 2. The summed E-state index contributed by atoms with van der Waals surface area (Å²) in [6, 6.07) is 7.40. The minimum Gasteiger partial charge on any atom is -0.380 e. The molecule has 1 amide bonds. The second-order valence-corrected chi connectivity index (χ2v) is 4.10. The SMILES string of the molecule is C=CCNc1cncc(C(=O)Nc2cccc(F)c2)c1. The van der Waals surface area contributed by atoms with Crippen LogP contribution in [-0.4, -0.2) is 17.4 Å². The van der Waals surface area contributed by atoms with Crippen LogP contribution in [-0.2, 0) is 0 Å². The van der Waals surface area contributed by atoms with E-state index in [1.54, 1.807) is 24.4 Å². The maximum absolute atomic E-state index is 13.0. The Kier molecular flexibility index (Phi) is 4.44. The van der Waals surface area contributed by atoms with Crippen LogP contribution in [0.1, 0.15) is 10.4 Å². The monoisotopic (exact) mass is 271 g/mol. The summed E-state index contributed by atoms with van der Waals surface area (Å²) in [5, 5.41) is 5.66. The van der Waals surface area contributed by atoms with Crippen LogP contribution in [0.4, 0.5) is 15.8 Å². The molecule has 0 radical (unpaired) electrons. The van der Waals surface area contributed by atoms with Crippen molar-refractivity contribution >= 4 is 17.3 Å². The maximum atomic E-state index is 13.0. The lowest BCUT2D eigenvalue weighted by Gasteiger charge is -2.07. The number of pyridine rings is 1. The first kappa shape index (κ1) is 13.7. The number of nitrogens with zero attached hydrogens (tertiary/aromatic N) is 1. The number of halogens is 1. The van der Waals surface area contributed by atoms with Gasteiger partial charge in [0.1, 0.15) is 5.82 Å². The van der Waals surface area contributed by atoms with Gasteiger partial charge in [0, 0.05) is 24.6 Å². The molecule has 0 saturated heterocycles. The zero-order chi connectivity index (χ0) is 14.4. The molecular formula is C15H14FN3O. The van der Waals surface area contributed by atoms with Gasteiger partial charge in [0.05, 0.1) is 11.3 Å². The fraction of sp³-hybridized carbons (Fsp3) is 0.0667. The predicted molar refractivity (Wildman–Crippen MR) is 77.3 cm³/mol. The Hall–Kier alpha value is -2.69. The zero-order valence-electron chi connectivity index (χ0n) is 10.8. The molecule has 2 aromatic rings. The number of nitrogens with one attached hydrogen (secondary N) is 2. The molecule has 1 heterocycles. The van der Waals surface area contributed by atoms with E-state index in [-0.39, 0.29) is 5.91 Å². The van der Waals surface area contributed by atoms with Crippen LogP contribution in [0.15, 0.2) is 55.4 Å². The molecule has 0 unspecified atom stereocenters. The van der Waals surface area contributed by atoms with E-state index >= 15 is 0 Å². The number of carbonyl (C=O) groups is 1. The van der Waals surface area contributed by atoms with E-state index in [0.717, 1.165) is 5.69 Å². The van der Waals surface area contributed by atoms with Crippen LogP contribution >= 0.6 is 0 Å². The average molecular weight is 271 g/mol. The minimum absolute atomic E-state index is 0.342. The Balaban J connectivity index is 2.10. The first-order valence-electron chi connectivity index (χ1n) is 6.06. The van der Waals surface area contributed by atoms with Crippen molar-refractivity contribution < 1.29 is 9.18 Å². The Morgan fingerprint density at radius 1 is 1.30 bits per heavy atom. The quantitative estimate of drug-likeness (QED) is 0.822. The Morgan fingerprint density at radius 3 is 2.90 bits per heavy atom. The highest BCUT2D eigenvalue weighted by Gasteiger charge is 2.07. The van der Waals surface area contributed by atoms with Crippen LogP contribution < -0.4 is 10.6 Å². The third-order valence-corrected chi connectivity index (χ3v) is 2.53. The van der Waals surface area contributed by atoms with Crippen molar-refractivity contribution in [2.24, 2.45) is 0 Å². The summed E-state index contributed by atoms with van der Waals surface area (Å²) in [5.74, 6) is -0.743. The molecule has 2 N–H and O–H groups in total. The minimum atomic E-state index is -0.401. The molecule has 0 spiro atoms. The molecule has 102 valence electrons. The predicted octanol–water partition coefficient (Wildman–Crippen LogP) is 3.07. The summed E-state index contributed by atoms with van der Waals surface area (Å²) >= 11 is 0. The Labute approximate surface area is 116 Å². The van der Waals surface area contributed by atoms with Crippen molar-refractivity contribution in [1.82, 2.24) is 4.98 Å². The van der Waals surface area contributed by atoms with E-state index in [1.807, 2.05) is 0 Å². The number of benzene rings is 1. The molecule has 0 atom stereocenters. The zero-order valence-corrected chi connectivity index (χ0v) is 10.8. The van der Waals surface area contributed by atoms with Crippen LogP contribution in [0.3, 0.4) is 0 Å². The van der Waals surface area contributed by atoms with Gasteiger partial charge in [-0.1, -0.05) is 12.1 Å². The molecule has 2 rings (SSSR count). The van der Waals surface area contributed by atoms with Gasteiger partial charge in [-0.3, -0.25) is 9.78 Å². The maximum Gasteiger partial charge on any atom is 0.257 e. The van der Waals surface area contributed by atoms with E-state index < -0.39 is 5.82 Å². The van der Waals surface area contributed by atoms with Crippen molar-refractivity contribution in [1.29, 1.82) is 0 Å². The fourth-order valence-electron chi connectivity index (χ4n) is 1.62. The number of amides is 1. The largest absolute Gasteiger partial charge is 0.380 e. The Bertz CT molecular complexity index is 628. The average Bonchev–Trinajstić information content (AvgIpc) is 2.45. The first-order valence-corrected chi connectivity index (χ1v) is 6.06. The lowest BCUT2D eigenvalue weighted by Crippen LogP contribution is -2.13. The highest BCUT2D eigenvalue weighted by molar-refractivity contribution is 6.04. The second kappa shape index (κ2) is 6.47. The summed E-state index contributed by atoms with van der Waals surface area (Å²) in [7, 11) is 0. The molecule has 0 aliphatic carbocycles. The van der Waals surface area contributed by atoms with Gasteiger partial charge >= 0.3 is 0 Å². The van der Waals surface area contributed by atoms with Gasteiger partial charge in [-0.2, -0.15) is 0 Å². The standard InChI is InChI=1S/C15H14FN3O/c1-2-6-18-14-7-11(9-17-10-14)15(20)19-13-5-3-4-12(16)8-13/h2-5,7-10,18H,1,6H2,(H,19,20). The molecule has 1 aromatic heterocycles. The van der Waals surface area contributed by atoms with Crippen LogP contribution in [0.5, 0.6) is 0 Å². The van der Waals surface area contributed by atoms with E-state index in [2.05, 4.69) is 22.2 Å². The summed E-state index contributed by atoms with van der Waals surface area (Å²) in [5.41, 5.74) is 1.51. The molecule has 4 nitrogen and oxygen atoms in total. The summed E-state index contributed by atoms with van der Waals surface area (Å²) in [6.45, 7) is 4.18.